The maximum atomic E-state index is 11.8. The lowest BCUT2D eigenvalue weighted by molar-refractivity contribution is -0.149. The molecule has 0 saturated heterocycles. The second kappa shape index (κ2) is 7.58. The summed E-state index contributed by atoms with van der Waals surface area (Å²) < 4.78 is 5.15. The van der Waals surface area contributed by atoms with Gasteiger partial charge >= 0.3 is 5.97 Å². The Labute approximate surface area is 125 Å². The van der Waals surface area contributed by atoms with Gasteiger partial charge in [-0.1, -0.05) is 12.5 Å². The zero-order valence-electron chi connectivity index (χ0n) is 12.2. The number of nitrogens with one attached hydrogen (secondary N) is 1. The summed E-state index contributed by atoms with van der Waals surface area (Å²) in [5, 5.41) is 3.56. The lowest BCUT2D eigenvalue weighted by Crippen LogP contribution is -2.32. The van der Waals surface area contributed by atoms with Gasteiger partial charge in [0.1, 0.15) is 0 Å². The summed E-state index contributed by atoms with van der Waals surface area (Å²) in [5.41, 5.74) is 1.14. The number of carbonyl (C=O) groups is 1. The molecule has 3 nitrogen and oxygen atoms in total. The van der Waals surface area contributed by atoms with Gasteiger partial charge in [0, 0.05) is 16.6 Å². The smallest absolute Gasteiger partial charge is 0.308 e. The number of rotatable bonds is 5. The maximum absolute atomic E-state index is 11.8. The molecule has 1 aliphatic carbocycles. The number of benzene rings is 1. The summed E-state index contributed by atoms with van der Waals surface area (Å²) in [4.78, 5) is 13.1. The van der Waals surface area contributed by atoms with E-state index in [2.05, 4.69) is 35.8 Å². The van der Waals surface area contributed by atoms with Crippen molar-refractivity contribution in [3.63, 3.8) is 0 Å². The van der Waals surface area contributed by atoms with Gasteiger partial charge in [-0.2, -0.15) is 0 Å². The molecule has 0 radical (unpaired) electrons. The Bertz CT molecular complexity index is 450. The molecule has 1 aliphatic rings. The molecule has 0 aromatic heterocycles. The number of anilines is 1. The van der Waals surface area contributed by atoms with Crippen LogP contribution in [0.2, 0.25) is 0 Å². The molecule has 1 fully saturated rings. The van der Waals surface area contributed by atoms with Gasteiger partial charge in [0.15, 0.2) is 0 Å². The zero-order chi connectivity index (χ0) is 14.4. The van der Waals surface area contributed by atoms with Crippen molar-refractivity contribution in [2.75, 3.05) is 18.2 Å². The third-order valence-electron chi connectivity index (χ3n) is 3.73. The average molecular weight is 293 g/mol. The first-order chi connectivity index (χ1) is 9.72. The first kappa shape index (κ1) is 15.2. The molecule has 1 aromatic rings. The number of hydrogen-bond acceptors (Lipinski definition) is 4. The molecule has 110 valence electrons. The van der Waals surface area contributed by atoms with E-state index < -0.39 is 0 Å². The molecule has 0 spiro atoms. The van der Waals surface area contributed by atoms with Crippen LogP contribution in [0.5, 0.6) is 0 Å². The van der Waals surface area contributed by atoms with Gasteiger partial charge in [0.2, 0.25) is 0 Å². The van der Waals surface area contributed by atoms with E-state index in [1.54, 1.807) is 11.8 Å². The Balaban J connectivity index is 1.93. The number of hydrogen-bond donors (Lipinski definition) is 1. The highest BCUT2D eigenvalue weighted by Crippen LogP contribution is 2.28. The van der Waals surface area contributed by atoms with Crippen LogP contribution in [-0.4, -0.2) is 24.9 Å². The van der Waals surface area contributed by atoms with Crippen molar-refractivity contribution in [1.82, 2.24) is 0 Å². The molecule has 1 aromatic carbocycles. The molecule has 4 heteroatoms. The van der Waals surface area contributed by atoms with Crippen molar-refractivity contribution in [3.8, 4) is 0 Å². The second-order valence-corrected chi connectivity index (χ2v) is 6.07. The molecular formula is C16H23NO2S. The van der Waals surface area contributed by atoms with Crippen LogP contribution in [0.4, 0.5) is 5.69 Å². The van der Waals surface area contributed by atoms with E-state index in [4.69, 9.17) is 4.74 Å². The van der Waals surface area contributed by atoms with Gasteiger partial charge in [-0.05, 0) is 50.6 Å². The Kier molecular flexibility index (Phi) is 5.77. The lowest BCUT2D eigenvalue weighted by Gasteiger charge is -2.29. The monoisotopic (exact) mass is 293 g/mol. The molecule has 0 aliphatic heterocycles. The number of thioether (sulfide) groups is 1. The van der Waals surface area contributed by atoms with E-state index >= 15 is 0 Å². The van der Waals surface area contributed by atoms with Gasteiger partial charge < -0.3 is 10.1 Å². The summed E-state index contributed by atoms with van der Waals surface area (Å²) in [6.07, 6.45) is 6.13. The van der Waals surface area contributed by atoms with E-state index in [1.807, 2.05) is 6.92 Å². The van der Waals surface area contributed by atoms with Crippen LogP contribution in [0.1, 0.15) is 32.6 Å². The van der Waals surface area contributed by atoms with Crippen LogP contribution < -0.4 is 5.32 Å². The highest BCUT2D eigenvalue weighted by Gasteiger charge is 2.28. The summed E-state index contributed by atoms with van der Waals surface area (Å²) in [5.74, 6) is 0.0294. The van der Waals surface area contributed by atoms with Crippen LogP contribution in [0, 0.1) is 5.92 Å². The predicted octanol–water partition coefficient (Wildman–Crippen LogP) is 3.94. The van der Waals surface area contributed by atoms with E-state index in [-0.39, 0.29) is 11.9 Å². The summed E-state index contributed by atoms with van der Waals surface area (Å²) in [6, 6.07) is 8.81. The van der Waals surface area contributed by atoms with Gasteiger partial charge in [0.05, 0.1) is 12.5 Å². The number of esters is 1. The summed E-state index contributed by atoms with van der Waals surface area (Å²) >= 11 is 1.74. The Hall–Kier alpha value is -1.16. The third-order valence-corrected chi connectivity index (χ3v) is 4.46. The SMILES string of the molecule is CCOC(=O)C1CCCC(Nc2cccc(SC)c2)C1. The molecule has 1 N–H and O–H groups in total. The van der Waals surface area contributed by atoms with Crippen LogP contribution in [-0.2, 0) is 9.53 Å². The molecule has 20 heavy (non-hydrogen) atoms. The zero-order valence-corrected chi connectivity index (χ0v) is 13.0. The van der Waals surface area contributed by atoms with Crippen LogP contribution >= 0.6 is 11.8 Å². The molecule has 2 atom stereocenters. The van der Waals surface area contributed by atoms with Crippen molar-refractivity contribution in [2.24, 2.45) is 5.92 Å². The van der Waals surface area contributed by atoms with E-state index in [9.17, 15) is 4.79 Å². The van der Waals surface area contributed by atoms with Crippen LogP contribution in [0.15, 0.2) is 29.2 Å². The number of ether oxygens (including phenoxy) is 1. The highest BCUT2D eigenvalue weighted by molar-refractivity contribution is 7.98. The quantitative estimate of drug-likeness (QED) is 0.659. The topological polar surface area (TPSA) is 38.3 Å². The lowest BCUT2D eigenvalue weighted by atomic mass is 9.85. The molecule has 0 heterocycles. The first-order valence-electron chi connectivity index (χ1n) is 7.30. The predicted molar refractivity (Wildman–Crippen MR) is 84.2 cm³/mol. The standard InChI is InChI=1S/C16H23NO2S/c1-3-19-16(18)12-6-4-7-13(10-12)17-14-8-5-9-15(11-14)20-2/h5,8-9,11-13,17H,3-4,6-7,10H2,1-2H3. The Morgan fingerprint density at radius 3 is 3.05 bits per heavy atom. The van der Waals surface area contributed by atoms with Crippen molar-refractivity contribution in [1.29, 1.82) is 0 Å². The van der Waals surface area contributed by atoms with Crippen LogP contribution in [0.25, 0.3) is 0 Å². The Morgan fingerprint density at radius 2 is 2.30 bits per heavy atom. The normalized spacial score (nSPS) is 22.3. The first-order valence-corrected chi connectivity index (χ1v) is 8.52. The fourth-order valence-corrected chi connectivity index (χ4v) is 3.20. The average Bonchev–Trinajstić information content (AvgIpc) is 2.48. The van der Waals surface area contributed by atoms with Gasteiger partial charge in [0.25, 0.3) is 0 Å². The largest absolute Gasteiger partial charge is 0.466 e. The molecular weight excluding hydrogens is 270 g/mol. The second-order valence-electron chi connectivity index (χ2n) is 5.19. The summed E-state index contributed by atoms with van der Waals surface area (Å²) in [6.45, 7) is 2.34. The minimum Gasteiger partial charge on any atom is -0.466 e. The fourth-order valence-electron chi connectivity index (χ4n) is 2.74. The summed E-state index contributed by atoms with van der Waals surface area (Å²) in [7, 11) is 0. The van der Waals surface area contributed by atoms with Gasteiger partial charge in [-0.3, -0.25) is 4.79 Å². The van der Waals surface area contributed by atoms with E-state index in [1.165, 1.54) is 4.90 Å². The van der Waals surface area contributed by atoms with Crippen molar-refractivity contribution >= 4 is 23.4 Å². The maximum Gasteiger partial charge on any atom is 0.308 e. The molecule has 0 bridgehead atoms. The molecule has 1 saturated carbocycles. The molecule has 2 unspecified atom stereocenters. The number of carbonyl (C=O) groups excluding carboxylic acids is 1. The van der Waals surface area contributed by atoms with E-state index in [0.717, 1.165) is 31.4 Å². The molecule has 2 rings (SSSR count). The van der Waals surface area contributed by atoms with Crippen molar-refractivity contribution in [2.45, 2.75) is 43.5 Å². The molecule has 0 amide bonds. The van der Waals surface area contributed by atoms with Gasteiger partial charge in [-0.25, -0.2) is 0 Å². The van der Waals surface area contributed by atoms with Gasteiger partial charge in [-0.15, -0.1) is 11.8 Å². The highest BCUT2D eigenvalue weighted by atomic mass is 32.2. The van der Waals surface area contributed by atoms with Crippen molar-refractivity contribution in [3.05, 3.63) is 24.3 Å². The minimum absolute atomic E-state index is 0.0307. The third kappa shape index (κ3) is 4.17. The van der Waals surface area contributed by atoms with Crippen LogP contribution in [0.3, 0.4) is 0 Å². The minimum atomic E-state index is -0.0307. The Morgan fingerprint density at radius 1 is 1.45 bits per heavy atom. The van der Waals surface area contributed by atoms with E-state index in [0.29, 0.717) is 12.6 Å². The fraction of sp³-hybridized carbons (Fsp3) is 0.562. The van der Waals surface area contributed by atoms with Crippen molar-refractivity contribution < 1.29 is 9.53 Å².